The van der Waals surface area contributed by atoms with Crippen LogP contribution in [0, 0.1) is 17.2 Å². The molecule has 6 nitrogen and oxygen atoms in total. The van der Waals surface area contributed by atoms with Gasteiger partial charge >= 0.3 is 5.97 Å². The lowest BCUT2D eigenvalue weighted by Gasteiger charge is -2.29. The summed E-state index contributed by atoms with van der Waals surface area (Å²) >= 11 is 3.22. The van der Waals surface area contributed by atoms with Crippen molar-refractivity contribution >= 4 is 33.5 Å². The van der Waals surface area contributed by atoms with E-state index in [1.54, 1.807) is 32.9 Å². The Morgan fingerprint density at radius 3 is 2.69 bits per heavy atom. The second kappa shape index (κ2) is 7.73. The number of ether oxygens (including phenoxy) is 2. The Hall–Kier alpha value is -1.96. The maximum Gasteiger partial charge on any atom is 0.314 e. The largest absolute Gasteiger partial charge is 0.488 e. The van der Waals surface area contributed by atoms with E-state index in [-0.39, 0.29) is 34.0 Å². The number of carbonyl (C=O) groups is 2. The van der Waals surface area contributed by atoms with Gasteiger partial charge in [0.25, 0.3) is 0 Å². The van der Waals surface area contributed by atoms with Crippen molar-refractivity contribution in [1.29, 1.82) is 0 Å². The summed E-state index contributed by atoms with van der Waals surface area (Å²) in [5.41, 5.74) is 2.23. The van der Waals surface area contributed by atoms with Crippen molar-refractivity contribution in [1.82, 2.24) is 5.43 Å². The molecule has 0 aliphatic carbocycles. The van der Waals surface area contributed by atoms with Gasteiger partial charge in [-0.05, 0) is 48.8 Å². The van der Waals surface area contributed by atoms with Crippen LogP contribution in [0.5, 0.6) is 5.75 Å². The number of hydrogen-bond acceptors (Lipinski definition) is 5. The first-order valence-corrected chi connectivity index (χ1v) is 8.98. The van der Waals surface area contributed by atoms with Crippen LogP contribution in [-0.4, -0.2) is 30.8 Å². The van der Waals surface area contributed by atoms with E-state index in [1.807, 2.05) is 6.92 Å². The zero-order valence-electron chi connectivity index (χ0n) is 15.4. The molecule has 0 aromatic heterocycles. The quantitative estimate of drug-likeness (QED) is 0.728. The summed E-state index contributed by atoms with van der Waals surface area (Å²) in [6, 6.07) is 3.16. The molecule has 142 valence electrons. The first kappa shape index (κ1) is 20.4. The molecule has 1 aliphatic rings. The number of amides is 1. The molecular weight excluding hydrogens is 407 g/mol. The van der Waals surface area contributed by atoms with Crippen LogP contribution in [0.4, 0.5) is 4.39 Å². The summed E-state index contributed by atoms with van der Waals surface area (Å²) in [6.07, 6.45) is -0.305. The predicted octanol–water partition coefficient (Wildman–Crippen LogP) is 3.41. The van der Waals surface area contributed by atoms with Gasteiger partial charge in [-0.25, -0.2) is 9.82 Å². The highest BCUT2D eigenvalue weighted by Crippen LogP contribution is 2.35. The van der Waals surface area contributed by atoms with Gasteiger partial charge in [-0.1, -0.05) is 6.92 Å². The zero-order valence-corrected chi connectivity index (χ0v) is 16.9. The maximum absolute atomic E-state index is 14.9. The minimum atomic E-state index is -0.907. The van der Waals surface area contributed by atoms with Gasteiger partial charge in [-0.2, -0.15) is 5.10 Å². The van der Waals surface area contributed by atoms with E-state index in [1.165, 1.54) is 7.11 Å². The van der Waals surface area contributed by atoms with Crippen molar-refractivity contribution in [3.8, 4) is 5.75 Å². The van der Waals surface area contributed by atoms with Gasteiger partial charge in [0.05, 0.1) is 22.7 Å². The molecule has 0 radical (unpaired) electrons. The molecule has 0 spiro atoms. The van der Waals surface area contributed by atoms with Crippen LogP contribution in [0.3, 0.4) is 0 Å². The number of benzene rings is 1. The summed E-state index contributed by atoms with van der Waals surface area (Å²) < 4.78 is 25.6. The Morgan fingerprint density at radius 1 is 1.46 bits per heavy atom. The van der Waals surface area contributed by atoms with Crippen LogP contribution in [0.1, 0.15) is 39.7 Å². The number of hydrogen-bond donors (Lipinski definition) is 1. The van der Waals surface area contributed by atoms with Crippen molar-refractivity contribution in [2.45, 2.75) is 40.2 Å². The average molecular weight is 429 g/mol. The Bertz CT molecular complexity index is 764. The van der Waals surface area contributed by atoms with Crippen LogP contribution in [0.2, 0.25) is 0 Å². The Morgan fingerprint density at radius 2 is 2.12 bits per heavy atom. The van der Waals surface area contributed by atoms with Crippen molar-refractivity contribution in [2.24, 2.45) is 16.4 Å². The van der Waals surface area contributed by atoms with Gasteiger partial charge in [0.2, 0.25) is 5.91 Å². The van der Waals surface area contributed by atoms with Crippen molar-refractivity contribution < 1.29 is 23.5 Å². The molecule has 2 unspecified atom stereocenters. The number of esters is 1. The van der Waals surface area contributed by atoms with Gasteiger partial charge in [-0.3, -0.25) is 9.59 Å². The standard InChI is InChI=1S/C18H22BrFN2O4/c1-9-8-13(23)21-22-16(9)11-6-7-12(14(19)15(11)20)26-10(2)18(3,4)17(24)25-5/h6-7,9-10H,8H2,1-5H3,(H,21,23). The molecule has 26 heavy (non-hydrogen) atoms. The van der Waals surface area contributed by atoms with E-state index < -0.39 is 23.3 Å². The summed E-state index contributed by atoms with van der Waals surface area (Å²) in [6.45, 7) is 6.93. The Kier molecular flexibility index (Phi) is 6.05. The highest BCUT2D eigenvalue weighted by Gasteiger charge is 2.37. The number of methoxy groups -OCH3 is 1. The highest BCUT2D eigenvalue weighted by molar-refractivity contribution is 9.10. The van der Waals surface area contributed by atoms with Crippen molar-refractivity contribution in [3.63, 3.8) is 0 Å². The average Bonchev–Trinajstić information content (AvgIpc) is 2.59. The number of nitrogens with one attached hydrogen (secondary N) is 1. The van der Waals surface area contributed by atoms with E-state index >= 15 is 0 Å². The third kappa shape index (κ3) is 3.90. The molecule has 1 amide bonds. The van der Waals surface area contributed by atoms with Crippen LogP contribution in [-0.2, 0) is 14.3 Å². The fourth-order valence-corrected chi connectivity index (χ4v) is 3.01. The van der Waals surface area contributed by atoms with E-state index in [9.17, 15) is 14.0 Å². The normalized spacial score (nSPS) is 18.7. The fourth-order valence-electron chi connectivity index (χ4n) is 2.57. The molecule has 0 fully saturated rings. The van der Waals surface area contributed by atoms with E-state index in [2.05, 4.69) is 26.5 Å². The SMILES string of the molecule is COC(=O)C(C)(C)C(C)Oc1ccc(C2=NNC(=O)CC2C)c(F)c1Br. The number of rotatable bonds is 5. The predicted molar refractivity (Wildman–Crippen MR) is 98.4 cm³/mol. The lowest BCUT2D eigenvalue weighted by Crippen LogP contribution is -2.39. The first-order valence-electron chi connectivity index (χ1n) is 8.19. The molecule has 2 atom stereocenters. The topological polar surface area (TPSA) is 77.0 Å². The number of halogens is 2. The van der Waals surface area contributed by atoms with Crippen LogP contribution < -0.4 is 10.2 Å². The molecule has 0 saturated carbocycles. The minimum Gasteiger partial charge on any atom is -0.488 e. The van der Waals surface area contributed by atoms with E-state index in [4.69, 9.17) is 9.47 Å². The Balaban J connectivity index is 2.30. The van der Waals surface area contributed by atoms with Gasteiger partial charge < -0.3 is 9.47 Å². The molecule has 1 aliphatic heterocycles. The molecule has 0 saturated heterocycles. The van der Waals surface area contributed by atoms with Gasteiger partial charge in [-0.15, -0.1) is 0 Å². The van der Waals surface area contributed by atoms with Crippen LogP contribution in [0.15, 0.2) is 21.7 Å². The van der Waals surface area contributed by atoms with Crippen molar-refractivity contribution in [3.05, 3.63) is 28.0 Å². The lowest BCUT2D eigenvalue weighted by atomic mass is 9.87. The molecule has 1 aromatic rings. The molecular formula is C18H22BrFN2O4. The summed E-state index contributed by atoms with van der Waals surface area (Å²) in [7, 11) is 1.31. The number of hydrazone groups is 1. The molecule has 0 bridgehead atoms. The highest BCUT2D eigenvalue weighted by atomic mass is 79.9. The first-order chi connectivity index (χ1) is 12.1. The molecule has 2 rings (SSSR count). The summed E-state index contributed by atoms with van der Waals surface area (Å²) in [5, 5.41) is 3.98. The summed E-state index contributed by atoms with van der Waals surface area (Å²) in [4.78, 5) is 23.3. The van der Waals surface area contributed by atoms with Crippen LogP contribution in [0.25, 0.3) is 0 Å². The molecule has 1 heterocycles. The third-order valence-corrected chi connectivity index (χ3v) is 5.35. The van der Waals surface area contributed by atoms with Gasteiger partial charge in [0.1, 0.15) is 17.7 Å². The smallest absolute Gasteiger partial charge is 0.314 e. The second-order valence-electron chi connectivity index (χ2n) is 6.85. The van der Waals surface area contributed by atoms with Crippen LogP contribution >= 0.6 is 15.9 Å². The molecule has 8 heteroatoms. The number of nitrogens with zero attached hydrogens (tertiary/aromatic N) is 1. The molecule has 1 aromatic carbocycles. The maximum atomic E-state index is 14.9. The zero-order chi connectivity index (χ0) is 19.6. The van der Waals surface area contributed by atoms with Gasteiger partial charge in [0, 0.05) is 17.9 Å². The van der Waals surface area contributed by atoms with E-state index in [0.717, 1.165) is 0 Å². The second-order valence-corrected chi connectivity index (χ2v) is 7.64. The lowest BCUT2D eigenvalue weighted by molar-refractivity contribution is -0.155. The van der Waals surface area contributed by atoms with Crippen molar-refractivity contribution in [2.75, 3.05) is 7.11 Å². The molecule has 1 N–H and O–H groups in total. The summed E-state index contributed by atoms with van der Waals surface area (Å²) in [5.74, 6) is -1.08. The van der Waals surface area contributed by atoms with E-state index in [0.29, 0.717) is 5.71 Å². The fraction of sp³-hybridized carbons (Fsp3) is 0.500. The van der Waals surface area contributed by atoms with Gasteiger partial charge in [0.15, 0.2) is 0 Å². The number of carbonyl (C=O) groups excluding carboxylic acids is 2. The monoisotopic (exact) mass is 428 g/mol. The minimum absolute atomic E-state index is 0.134. The third-order valence-electron chi connectivity index (χ3n) is 4.61. The Labute approximate surface area is 160 Å².